The highest BCUT2D eigenvalue weighted by molar-refractivity contribution is 5.76. The fraction of sp³-hybridized carbons (Fsp3) is 0.355. The van der Waals surface area contributed by atoms with Gasteiger partial charge in [0.1, 0.15) is 11.6 Å². The summed E-state index contributed by atoms with van der Waals surface area (Å²) < 4.78 is 8.30. The molecule has 0 saturated carbocycles. The molecule has 188 valence electrons. The van der Waals surface area contributed by atoms with E-state index < -0.39 is 0 Å². The number of hydrogen-bond acceptors (Lipinski definition) is 3. The number of carbonyl (C=O) groups excluding carboxylic acids is 1. The molecule has 0 spiro atoms. The molecule has 1 heterocycles. The van der Waals surface area contributed by atoms with Gasteiger partial charge in [-0.25, -0.2) is 4.98 Å². The van der Waals surface area contributed by atoms with E-state index in [-0.39, 0.29) is 5.91 Å². The first kappa shape index (κ1) is 25.5. The Labute approximate surface area is 214 Å². The lowest BCUT2D eigenvalue weighted by atomic mass is 10.1. The van der Waals surface area contributed by atoms with E-state index in [9.17, 15) is 4.79 Å². The van der Waals surface area contributed by atoms with Crippen LogP contribution in [0.25, 0.3) is 11.0 Å². The molecular weight excluding hydrogens is 446 g/mol. The van der Waals surface area contributed by atoms with E-state index in [0.29, 0.717) is 13.0 Å². The summed E-state index contributed by atoms with van der Waals surface area (Å²) in [5.41, 5.74) is 4.66. The Balaban J connectivity index is 1.19. The zero-order chi connectivity index (χ0) is 25.0. The van der Waals surface area contributed by atoms with Gasteiger partial charge in [0.15, 0.2) is 0 Å². The number of fused-ring (bicyclic) bond motifs is 1. The van der Waals surface area contributed by atoms with Crippen molar-refractivity contribution in [3.63, 3.8) is 0 Å². The second kappa shape index (κ2) is 13.5. The molecule has 3 aromatic carbocycles. The number of para-hydroxylation sites is 2. The first-order chi connectivity index (χ1) is 17.7. The number of carbonyl (C=O) groups is 1. The molecule has 5 nitrogen and oxygen atoms in total. The van der Waals surface area contributed by atoms with Crippen molar-refractivity contribution in [3.05, 3.63) is 95.8 Å². The van der Waals surface area contributed by atoms with Crippen LogP contribution in [0.5, 0.6) is 5.75 Å². The van der Waals surface area contributed by atoms with E-state index in [1.807, 2.05) is 36.4 Å². The van der Waals surface area contributed by atoms with Gasteiger partial charge in [0.25, 0.3) is 0 Å². The molecule has 5 heteroatoms. The zero-order valence-corrected chi connectivity index (χ0v) is 21.3. The van der Waals surface area contributed by atoms with Crippen LogP contribution in [0.1, 0.15) is 49.1 Å². The third-order valence-corrected chi connectivity index (χ3v) is 6.40. The van der Waals surface area contributed by atoms with Crippen molar-refractivity contribution in [2.24, 2.45) is 0 Å². The van der Waals surface area contributed by atoms with Crippen LogP contribution in [-0.4, -0.2) is 28.6 Å². The molecule has 1 N–H and O–H groups in total. The van der Waals surface area contributed by atoms with Crippen LogP contribution in [0.3, 0.4) is 0 Å². The Morgan fingerprint density at radius 2 is 1.72 bits per heavy atom. The van der Waals surface area contributed by atoms with Crippen molar-refractivity contribution >= 4 is 16.9 Å². The van der Waals surface area contributed by atoms with Crippen LogP contribution < -0.4 is 10.1 Å². The first-order valence-electron chi connectivity index (χ1n) is 13.1. The van der Waals surface area contributed by atoms with Crippen LogP contribution in [0, 0.1) is 6.92 Å². The van der Waals surface area contributed by atoms with E-state index in [1.54, 1.807) is 0 Å². The Morgan fingerprint density at radius 3 is 2.58 bits per heavy atom. The Hall–Kier alpha value is -3.60. The SMILES string of the molecule is Cc1cccc(OCCCn2c(CCCCCNC(=O)CCc3ccccc3)nc3ccccc32)c1. The second-order valence-corrected chi connectivity index (χ2v) is 9.33. The summed E-state index contributed by atoms with van der Waals surface area (Å²) in [5.74, 6) is 2.20. The molecule has 0 fully saturated rings. The lowest BCUT2D eigenvalue weighted by Crippen LogP contribution is -2.24. The molecule has 0 aliphatic heterocycles. The number of benzene rings is 3. The van der Waals surface area contributed by atoms with Gasteiger partial charge in [0, 0.05) is 25.9 Å². The van der Waals surface area contributed by atoms with Crippen LogP contribution >= 0.6 is 0 Å². The minimum absolute atomic E-state index is 0.133. The van der Waals surface area contributed by atoms with Crippen molar-refractivity contribution < 1.29 is 9.53 Å². The van der Waals surface area contributed by atoms with Gasteiger partial charge in [-0.1, -0.05) is 61.0 Å². The summed E-state index contributed by atoms with van der Waals surface area (Å²) in [4.78, 5) is 17.0. The second-order valence-electron chi connectivity index (χ2n) is 9.33. The number of nitrogens with zero attached hydrogens (tertiary/aromatic N) is 2. The van der Waals surface area contributed by atoms with E-state index in [2.05, 4.69) is 59.3 Å². The van der Waals surface area contributed by atoms with Gasteiger partial charge in [0.05, 0.1) is 17.6 Å². The number of rotatable bonds is 14. The maximum absolute atomic E-state index is 12.1. The largest absolute Gasteiger partial charge is 0.494 e. The van der Waals surface area contributed by atoms with Gasteiger partial charge in [-0.2, -0.15) is 0 Å². The first-order valence-corrected chi connectivity index (χ1v) is 13.1. The van der Waals surface area contributed by atoms with Gasteiger partial charge in [-0.3, -0.25) is 4.79 Å². The number of ether oxygens (including phenoxy) is 1. The van der Waals surface area contributed by atoms with Crippen molar-refractivity contribution in [3.8, 4) is 5.75 Å². The summed E-state index contributed by atoms with van der Waals surface area (Å²) in [7, 11) is 0. The van der Waals surface area contributed by atoms with Crippen LogP contribution in [-0.2, 0) is 24.2 Å². The van der Waals surface area contributed by atoms with Gasteiger partial charge in [-0.15, -0.1) is 0 Å². The zero-order valence-electron chi connectivity index (χ0n) is 21.3. The molecule has 0 aliphatic carbocycles. The molecule has 0 radical (unpaired) electrons. The smallest absolute Gasteiger partial charge is 0.220 e. The van der Waals surface area contributed by atoms with Crippen molar-refractivity contribution in [2.75, 3.05) is 13.2 Å². The minimum Gasteiger partial charge on any atom is -0.494 e. The van der Waals surface area contributed by atoms with E-state index in [1.165, 1.54) is 16.6 Å². The third-order valence-electron chi connectivity index (χ3n) is 6.40. The van der Waals surface area contributed by atoms with Crippen molar-refractivity contribution in [1.29, 1.82) is 0 Å². The number of nitrogens with one attached hydrogen (secondary N) is 1. The van der Waals surface area contributed by atoms with Gasteiger partial charge in [0.2, 0.25) is 5.91 Å². The molecule has 0 aliphatic rings. The highest BCUT2D eigenvalue weighted by Crippen LogP contribution is 2.19. The molecule has 0 unspecified atom stereocenters. The van der Waals surface area contributed by atoms with Gasteiger partial charge < -0.3 is 14.6 Å². The number of aryl methyl sites for hydroxylation is 4. The molecule has 0 atom stereocenters. The fourth-order valence-corrected chi connectivity index (χ4v) is 4.49. The Morgan fingerprint density at radius 1 is 0.889 bits per heavy atom. The Kier molecular flexibility index (Phi) is 9.54. The third kappa shape index (κ3) is 7.70. The predicted octanol–water partition coefficient (Wildman–Crippen LogP) is 6.28. The number of aromatic nitrogens is 2. The topological polar surface area (TPSA) is 56.1 Å². The minimum atomic E-state index is 0.133. The highest BCUT2D eigenvalue weighted by Gasteiger charge is 2.10. The van der Waals surface area contributed by atoms with Gasteiger partial charge in [-0.05, 0) is 68.0 Å². The average Bonchev–Trinajstić information content (AvgIpc) is 3.25. The normalized spacial score (nSPS) is 11.0. The van der Waals surface area contributed by atoms with E-state index in [4.69, 9.17) is 9.72 Å². The van der Waals surface area contributed by atoms with E-state index in [0.717, 1.165) is 68.7 Å². The lowest BCUT2D eigenvalue weighted by molar-refractivity contribution is -0.121. The maximum Gasteiger partial charge on any atom is 0.220 e. The molecule has 1 amide bonds. The predicted molar refractivity (Wildman–Crippen MR) is 146 cm³/mol. The van der Waals surface area contributed by atoms with E-state index >= 15 is 0 Å². The number of amides is 1. The molecule has 0 saturated heterocycles. The molecule has 1 aromatic heterocycles. The van der Waals surface area contributed by atoms with Crippen molar-refractivity contribution in [2.45, 2.75) is 58.4 Å². The quantitative estimate of drug-likeness (QED) is 0.215. The maximum atomic E-state index is 12.1. The summed E-state index contributed by atoms with van der Waals surface area (Å²) in [6.45, 7) is 4.38. The average molecular weight is 484 g/mol. The lowest BCUT2D eigenvalue weighted by Gasteiger charge is -2.11. The number of imidazole rings is 1. The van der Waals surface area contributed by atoms with Crippen LogP contribution in [0.2, 0.25) is 0 Å². The fourth-order valence-electron chi connectivity index (χ4n) is 4.49. The van der Waals surface area contributed by atoms with Crippen molar-refractivity contribution in [1.82, 2.24) is 14.9 Å². The molecular formula is C31H37N3O2. The van der Waals surface area contributed by atoms with Crippen LogP contribution in [0.15, 0.2) is 78.9 Å². The molecule has 0 bridgehead atoms. The Bertz CT molecular complexity index is 1230. The van der Waals surface area contributed by atoms with Gasteiger partial charge >= 0.3 is 0 Å². The number of hydrogen-bond donors (Lipinski definition) is 1. The highest BCUT2D eigenvalue weighted by atomic mass is 16.5. The monoisotopic (exact) mass is 483 g/mol. The van der Waals surface area contributed by atoms with Crippen LogP contribution in [0.4, 0.5) is 0 Å². The molecule has 4 aromatic rings. The summed E-state index contributed by atoms with van der Waals surface area (Å²) in [6.07, 6.45) is 6.31. The standard InChI is InChI=1S/C31H37N3O2/c1-25-12-10-15-27(24-25)36-23-11-22-34-29-17-8-7-16-28(29)33-30(34)18-6-3-9-21-32-31(35)20-19-26-13-4-2-5-14-26/h2,4-5,7-8,10,12-17,24H,3,6,9,11,18-23H2,1H3,(H,32,35). The number of unbranched alkanes of at least 4 members (excludes halogenated alkanes) is 2. The summed E-state index contributed by atoms with van der Waals surface area (Å²) in [6, 6.07) is 26.7. The molecule has 4 rings (SSSR count). The summed E-state index contributed by atoms with van der Waals surface area (Å²) in [5, 5.41) is 3.06. The molecule has 36 heavy (non-hydrogen) atoms. The summed E-state index contributed by atoms with van der Waals surface area (Å²) >= 11 is 0.